The van der Waals surface area contributed by atoms with Gasteiger partial charge in [-0.25, -0.2) is 4.79 Å². The standard InChI is InChI=1S/C14H24N2O3/c1-15(10-11-5-6-11)14(19)16-9-3-2-4-12(16)7-8-13(17)18/h11-12H,2-10H2,1H3,(H,17,18). The number of hydrogen-bond acceptors (Lipinski definition) is 2. The van der Waals surface area contributed by atoms with Crippen molar-refractivity contribution in [1.29, 1.82) is 0 Å². The minimum atomic E-state index is -0.774. The van der Waals surface area contributed by atoms with Crippen LogP contribution in [-0.4, -0.2) is 53.1 Å². The Morgan fingerprint density at radius 1 is 1.26 bits per heavy atom. The van der Waals surface area contributed by atoms with E-state index in [0.29, 0.717) is 12.3 Å². The number of likely N-dealkylation sites (tertiary alicyclic amines) is 1. The van der Waals surface area contributed by atoms with Crippen molar-refractivity contribution in [2.24, 2.45) is 5.92 Å². The van der Waals surface area contributed by atoms with Crippen molar-refractivity contribution in [3.63, 3.8) is 0 Å². The summed E-state index contributed by atoms with van der Waals surface area (Å²) in [5.74, 6) is -0.0829. The van der Waals surface area contributed by atoms with E-state index in [1.165, 1.54) is 12.8 Å². The predicted octanol–water partition coefficient (Wildman–Crippen LogP) is 2.17. The first-order valence-corrected chi connectivity index (χ1v) is 7.31. The fourth-order valence-corrected chi connectivity index (χ4v) is 2.83. The van der Waals surface area contributed by atoms with Crippen LogP contribution in [0.15, 0.2) is 0 Å². The molecule has 0 radical (unpaired) electrons. The lowest BCUT2D eigenvalue weighted by Gasteiger charge is -2.38. The van der Waals surface area contributed by atoms with Crippen LogP contribution in [-0.2, 0) is 4.79 Å². The number of piperidine rings is 1. The van der Waals surface area contributed by atoms with E-state index >= 15 is 0 Å². The van der Waals surface area contributed by atoms with Crippen molar-refractivity contribution in [2.75, 3.05) is 20.1 Å². The van der Waals surface area contributed by atoms with Crippen LogP contribution in [0.1, 0.15) is 44.9 Å². The first kappa shape index (κ1) is 14.2. The van der Waals surface area contributed by atoms with Crippen molar-refractivity contribution in [3.8, 4) is 0 Å². The molecule has 1 heterocycles. The minimum Gasteiger partial charge on any atom is -0.481 e. The third kappa shape index (κ3) is 4.11. The normalized spacial score (nSPS) is 23.2. The van der Waals surface area contributed by atoms with Crippen LogP contribution in [0.5, 0.6) is 0 Å². The van der Waals surface area contributed by atoms with Crippen molar-refractivity contribution in [2.45, 2.75) is 51.0 Å². The summed E-state index contributed by atoms with van der Waals surface area (Å²) in [6.45, 7) is 1.62. The summed E-state index contributed by atoms with van der Waals surface area (Å²) >= 11 is 0. The largest absolute Gasteiger partial charge is 0.481 e. The van der Waals surface area contributed by atoms with Crippen molar-refractivity contribution >= 4 is 12.0 Å². The molecule has 1 aliphatic heterocycles. The Kier molecular flexibility index (Phi) is 4.66. The molecular formula is C14H24N2O3. The van der Waals surface area contributed by atoms with E-state index in [0.717, 1.165) is 32.4 Å². The number of rotatable bonds is 5. The van der Waals surface area contributed by atoms with Gasteiger partial charge in [-0.2, -0.15) is 0 Å². The second kappa shape index (κ2) is 6.26. The number of amides is 2. The van der Waals surface area contributed by atoms with Gasteiger partial charge in [-0.1, -0.05) is 0 Å². The van der Waals surface area contributed by atoms with Gasteiger partial charge in [-0.3, -0.25) is 4.79 Å². The monoisotopic (exact) mass is 268 g/mol. The zero-order valence-electron chi connectivity index (χ0n) is 11.7. The molecule has 108 valence electrons. The Hall–Kier alpha value is -1.26. The van der Waals surface area contributed by atoms with E-state index in [4.69, 9.17) is 5.11 Å². The molecule has 0 aromatic rings. The highest BCUT2D eigenvalue weighted by Crippen LogP contribution is 2.30. The molecule has 0 bridgehead atoms. The molecule has 2 amide bonds. The number of carbonyl (C=O) groups is 2. The van der Waals surface area contributed by atoms with Gasteiger partial charge in [0.1, 0.15) is 0 Å². The van der Waals surface area contributed by atoms with Crippen molar-refractivity contribution in [1.82, 2.24) is 9.80 Å². The second-order valence-corrected chi connectivity index (χ2v) is 5.88. The molecular weight excluding hydrogens is 244 g/mol. The SMILES string of the molecule is CN(CC1CC1)C(=O)N1CCCCC1CCC(=O)O. The number of nitrogens with zero attached hydrogens (tertiary/aromatic N) is 2. The van der Waals surface area contributed by atoms with Gasteiger partial charge in [0.15, 0.2) is 0 Å². The van der Waals surface area contributed by atoms with Gasteiger partial charge in [0.2, 0.25) is 0 Å². The molecule has 2 rings (SSSR count). The van der Waals surface area contributed by atoms with Gasteiger partial charge in [0, 0.05) is 32.6 Å². The maximum atomic E-state index is 12.4. The number of aliphatic carboxylic acids is 1. The van der Waals surface area contributed by atoms with Gasteiger partial charge >= 0.3 is 12.0 Å². The molecule has 1 saturated heterocycles. The lowest BCUT2D eigenvalue weighted by atomic mass is 9.98. The number of hydrogen-bond donors (Lipinski definition) is 1. The third-order valence-electron chi connectivity index (χ3n) is 4.12. The van der Waals surface area contributed by atoms with Crippen molar-refractivity contribution in [3.05, 3.63) is 0 Å². The Bertz CT molecular complexity index is 342. The molecule has 5 heteroatoms. The highest BCUT2D eigenvalue weighted by Gasteiger charge is 2.31. The quantitative estimate of drug-likeness (QED) is 0.831. The molecule has 1 aliphatic carbocycles. The molecule has 2 fully saturated rings. The van der Waals surface area contributed by atoms with Crippen LogP contribution < -0.4 is 0 Å². The Labute approximate surface area is 114 Å². The number of urea groups is 1. The van der Waals surface area contributed by atoms with Gasteiger partial charge in [0.25, 0.3) is 0 Å². The summed E-state index contributed by atoms with van der Waals surface area (Å²) in [5, 5.41) is 8.79. The van der Waals surface area contributed by atoms with E-state index in [1.807, 2.05) is 16.8 Å². The van der Waals surface area contributed by atoms with Gasteiger partial charge < -0.3 is 14.9 Å². The topological polar surface area (TPSA) is 60.9 Å². The minimum absolute atomic E-state index is 0.0852. The molecule has 5 nitrogen and oxygen atoms in total. The van der Waals surface area contributed by atoms with E-state index in [2.05, 4.69) is 0 Å². The maximum absolute atomic E-state index is 12.4. The molecule has 1 saturated carbocycles. The number of carbonyl (C=O) groups excluding carboxylic acids is 1. The zero-order valence-corrected chi connectivity index (χ0v) is 11.7. The highest BCUT2D eigenvalue weighted by atomic mass is 16.4. The van der Waals surface area contributed by atoms with Crippen LogP contribution in [0.4, 0.5) is 4.79 Å². The zero-order chi connectivity index (χ0) is 13.8. The van der Waals surface area contributed by atoms with Crippen LogP contribution in [0, 0.1) is 5.92 Å². The van der Waals surface area contributed by atoms with E-state index in [9.17, 15) is 9.59 Å². The van der Waals surface area contributed by atoms with Crippen LogP contribution in [0.3, 0.4) is 0 Å². The lowest BCUT2D eigenvalue weighted by molar-refractivity contribution is -0.137. The highest BCUT2D eigenvalue weighted by molar-refractivity contribution is 5.75. The summed E-state index contributed by atoms with van der Waals surface area (Å²) in [7, 11) is 1.86. The van der Waals surface area contributed by atoms with E-state index in [-0.39, 0.29) is 18.5 Å². The molecule has 0 aromatic carbocycles. The summed E-state index contributed by atoms with van der Waals surface area (Å²) in [6, 6.07) is 0.195. The smallest absolute Gasteiger partial charge is 0.319 e. The average molecular weight is 268 g/mol. The van der Waals surface area contributed by atoms with Gasteiger partial charge in [0.05, 0.1) is 0 Å². The molecule has 2 aliphatic rings. The summed E-state index contributed by atoms with van der Waals surface area (Å²) < 4.78 is 0. The summed E-state index contributed by atoms with van der Waals surface area (Å²) in [4.78, 5) is 26.8. The van der Waals surface area contributed by atoms with Gasteiger partial charge in [-0.15, -0.1) is 0 Å². The van der Waals surface area contributed by atoms with Crippen molar-refractivity contribution < 1.29 is 14.7 Å². The average Bonchev–Trinajstić information content (AvgIpc) is 3.19. The lowest BCUT2D eigenvalue weighted by Crippen LogP contribution is -2.49. The molecule has 1 unspecified atom stereocenters. The molecule has 0 aromatic heterocycles. The third-order valence-corrected chi connectivity index (χ3v) is 4.12. The van der Waals surface area contributed by atoms with E-state index in [1.54, 1.807) is 0 Å². The molecule has 0 spiro atoms. The van der Waals surface area contributed by atoms with Crippen LogP contribution in [0.2, 0.25) is 0 Å². The van der Waals surface area contributed by atoms with Crippen LogP contribution >= 0.6 is 0 Å². The Morgan fingerprint density at radius 3 is 2.63 bits per heavy atom. The van der Waals surface area contributed by atoms with Crippen LogP contribution in [0.25, 0.3) is 0 Å². The van der Waals surface area contributed by atoms with E-state index < -0.39 is 5.97 Å². The Morgan fingerprint density at radius 2 is 2.00 bits per heavy atom. The fourth-order valence-electron chi connectivity index (χ4n) is 2.83. The van der Waals surface area contributed by atoms with Gasteiger partial charge in [-0.05, 0) is 44.4 Å². The predicted molar refractivity (Wildman–Crippen MR) is 72.0 cm³/mol. The summed E-state index contributed by atoms with van der Waals surface area (Å²) in [5.41, 5.74) is 0. The number of carboxylic acid groups (broad SMARTS) is 1. The molecule has 1 atom stereocenters. The molecule has 19 heavy (non-hydrogen) atoms. The Balaban J connectivity index is 1.89. The first-order valence-electron chi connectivity index (χ1n) is 7.31. The number of carboxylic acids is 1. The second-order valence-electron chi connectivity index (χ2n) is 5.88. The fraction of sp³-hybridized carbons (Fsp3) is 0.857. The maximum Gasteiger partial charge on any atom is 0.319 e. The summed E-state index contributed by atoms with van der Waals surface area (Å²) in [6.07, 6.45) is 6.28. The molecule has 1 N–H and O–H groups in total. The first-order chi connectivity index (χ1) is 9.08.